The quantitative estimate of drug-likeness (QED) is 0.447. The molecule has 0 bridgehead atoms. The van der Waals surface area contributed by atoms with Crippen LogP contribution < -0.4 is 10.1 Å². The predicted octanol–water partition coefficient (Wildman–Crippen LogP) is 4.54. The molecule has 2 aromatic heterocycles. The van der Waals surface area contributed by atoms with Gasteiger partial charge in [0.25, 0.3) is 5.91 Å². The number of aryl methyl sites for hydroxylation is 1. The zero-order valence-corrected chi connectivity index (χ0v) is 17.5. The molecular weight excluding hydrogens is 418 g/mol. The van der Waals surface area contributed by atoms with Crippen LogP contribution in [0.25, 0.3) is 23.2 Å². The van der Waals surface area contributed by atoms with Crippen LogP contribution in [0.3, 0.4) is 0 Å². The lowest BCUT2D eigenvalue weighted by Gasteiger charge is -2.14. The average Bonchev–Trinajstić information content (AvgIpc) is 3.47. The molecule has 156 valence electrons. The number of ether oxygens (including phenoxy) is 1. The van der Waals surface area contributed by atoms with Crippen LogP contribution in [0.4, 0.5) is 5.69 Å². The summed E-state index contributed by atoms with van der Waals surface area (Å²) in [5.74, 6) is 0.855. The number of furan rings is 1. The van der Waals surface area contributed by atoms with E-state index in [9.17, 15) is 4.79 Å². The van der Waals surface area contributed by atoms with Gasteiger partial charge in [0, 0.05) is 22.7 Å². The summed E-state index contributed by atoms with van der Waals surface area (Å²) in [5.41, 5.74) is 2.18. The molecule has 4 rings (SSSR count). The molecule has 0 radical (unpaired) electrons. The molecule has 1 N–H and O–H groups in total. The Balaban J connectivity index is 1.77. The van der Waals surface area contributed by atoms with Gasteiger partial charge in [-0.1, -0.05) is 41.9 Å². The van der Waals surface area contributed by atoms with Crippen molar-refractivity contribution in [3.63, 3.8) is 0 Å². The second kappa shape index (κ2) is 8.85. The average molecular weight is 436 g/mol. The number of hydrogen-bond acceptors (Lipinski definition) is 6. The molecule has 0 unspecified atom stereocenters. The van der Waals surface area contributed by atoms with Gasteiger partial charge in [-0.05, 0) is 41.1 Å². The monoisotopic (exact) mass is 435 g/mol. The van der Waals surface area contributed by atoms with E-state index in [1.165, 1.54) is 18.1 Å². The molecule has 0 saturated carbocycles. The Morgan fingerprint density at radius 3 is 2.71 bits per heavy atom. The summed E-state index contributed by atoms with van der Waals surface area (Å²) >= 11 is 6.18. The number of nitrogens with one attached hydrogen (secondary N) is 1. The molecule has 0 aliphatic rings. The summed E-state index contributed by atoms with van der Waals surface area (Å²) in [6.45, 7) is 1.84. The number of methoxy groups -OCH3 is 1. The molecule has 4 aromatic rings. The number of anilines is 1. The van der Waals surface area contributed by atoms with E-state index >= 15 is 0 Å². The Bertz CT molecular complexity index is 1230. The number of amides is 1. The number of halogens is 1. The minimum Gasteiger partial charge on any atom is -0.495 e. The Morgan fingerprint density at radius 1 is 1.19 bits per heavy atom. The first-order valence-corrected chi connectivity index (χ1v) is 9.69. The summed E-state index contributed by atoms with van der Waals surface area (Å²) in [6.07, 6.45) is 3.08. The molecule has 0 aliphatic heterocycles. The molecule has 0 atom stereocenters. The zero-order valence-electron chi connectivity index (χ0n) is 16.7. The predicted molar refractivity (Wildman–Crippen MR) is 117 cm³/mol. The number of carbonyl (C=O) groups is 1. The first kappa shape index (κ1) is 20.4. The first-order valence-electron chi connectivity index (χ1n) is 9.31. The van der Waals surface area contributed by atoms with E-state index in [-0.39, 0.29) is 5.70 Å². The maximum atomic E-state index is 13.4. The minimum absolute atomic E-state index is 0.161. The maximum absolute atomic E-state index is 13.4. The van der Waals surface area contributed by atoms with E-state index < -0.39 is 5.91 Å². The summed E-state index contributed by atoms with van der Waals surface area (Å²) in [5, 5.41) is 15.3. The lowest BCUT2D eigenvalue weighted by Crippen LogP contribution is -2.20. The number of benzene rings is 2. The Hall–Kier alpha value is -3.91. The number of aromatic nitrogens is 4. The van der Waals surface area contributed by atoms with Crippen molar-refractivity contribution in [1.29, 1.82) is 0 Å². The van der Waals surface area contributed by atoms with Gasteiger partial charge in [-0.15, -0.1) is 5.10 Å². The molecule has 2 aromatic carbocycles. The number of tetrazole rings is 1. The van der Waals surface area contributed by atoms with Crippen molar-refractivity contribution < 1.29 is 13.9 Å². The van der Waals surface area contributed by atoms with Crippen molar-refractivity contribution in [2.45, 2.75) is 6.92 Å². The fourth-order valence-electron chi connectivity index (χ4n) is 2.96. The highest BCUT2D eigenvalue weighted by atomic mass is 35.5. The molecule has 8 nitrogen and oxygen atoms in total. The van der Waals surface area contributed by atoms with Gasteiger partial charge in [0.2, 0.25) is 0 Å². The third-order valence-corrected chi connectivity index (χ3v) is 4.92. The van der Waals surface area contributed by atoms with Crippen molar-refractivity contribution in [2.75, 3.05) is 12.4 Å². The number of carbonyl (C=O) groups excluding carboxylic acids is 1. The smallest absolute Gasteiger partial charge is 0.274 e. The zero-order chi connectivity index (χ0) is 21.8. The molecular formula is C22H18ClN5O3. The van der Waals surface area contributed by atoms with Gasteiger partial charge >= 0.3 is 0 Å². The van der Waals surface area contributed by atoms with Crippen LogP contribution in [0.15, 0.2) is 65.3 Å². The normalized spacial score (nSPS) is 11.4. The molecule has 9 heteroatoms. The van der Waals surface area contributed by atoms with Crippen molar-refractivity contribution >= 4 is 35.0 Å². The molecule has 0 fully saturated rings. The van der Waals surface area contributed by atoms with Crippen molar-refractivity contribution in [1.82, 2.24) is 20.2 Å². The van der Waals surface area contributed by atoms with E-state index in [4.69, 9.17) is 20.8 Å². The van der Waals surface area contributed by atoms with Crippen LogP contribution in [-0.4, -0.2) is 33.2 Å². The van der Waals surface area contributed by atoms with E-state index in [1.54, 1.807) is 30.3 Å². The lowest BCUT2D eigenvalue weighted by atomic mass is 10.2. The summed E-state index contributed by atoms with van der Waals surface area (Å²) in [6, 6.07) is 16.2. The van der Waals surface area contributed by atoms with Gasteiger partial charge < -0.3 is 14.5 Å². The third-order valence-electron chi connectivity index (χ3n) is 4.51. The van der Waals surface area contributed by atoms with Crippen molar-refractivity contribution in [2.24, 2.45) is 0 Å². The van der Waals surface area contributed by atoms with Crippen molar-refractivity contribution in [3.8, 4) is 17.1 Å². The lowest BCUT2D eigenvalue weighted by molar-refractivity contribution is -0.111. The largest absolute Gasteiger partial charge is 0.495 e. The topological polar surface area (TPSA) is 95.1 Å². The van der Waals surface area contributed by atoms with Gasteiger partial charge in [0.15, 0.2) is 5.82 Å². The first-order chi connectivity index (χ1) is 15.1. The number of hydrogen-bond donors (Lipinski definition) is 1. The fraction of sp³-hybridized carbons (Fsp3) is 0.0909. The summed E-state index contributed by atoms with van der Waals surface area (Å²) in [7, 11) is 1.51. The van der Waals surface area contributed by atoms with Gasteiger partial charge in [0.05, 0.1) is 19.1 Å². The number of nitrogens with zero attached hydrogens (tertiary/aromatic N) is 4. The van der Waals surface area contributed by atoms with Crippen LogP contribution in [0.5, 0.6) is 5.75 Å². The van der Waals surface area contributed by atoms with Crippen LogP contribution in [0, 0.1) is 6.92 Å². The fourth-order valence-corrected chi connectivity index (χ4v) is 3.12. The van der Waals surface area contributed by atoms with Crippen LogP contribution in [0.2, 0.25) is 5.02 Å². The standard InChI is InChI=1S/C22H18ClN5O3/c1-14-11-18(20(30-2)13-17(14)23)24-22(29)19(12-16-9-6-10-31-16)28-21(25-26-27-28)15-7-4-3-5-8-15/h3-13H,1-2H3,(H,24,29). The van der Waals surface area contributed by atoms with E-state index in [2.05, 4.69) is 20.8 Å². The highest BCUT2D eigenvalue weighted by molar-refractivity contribution is 6.31. The van der Waals surface area contributed by atoms with Gasteiger partial charge in [-0.25, -0.2) is 0 Å². The molecule has 0 aliphatic carbocycles. The van der Waals surface area contributed by atoms with Crippen molar-refractivity contribution in [3.05, 3.63) is 77.2 Å². The highest BCUT2D eigenvalue weighted by Gasteiger charge is 2.21. The maximum Gasteiger partial charge on any atom is 0.274 e. The SMILES string of the molecule is COc1cc(Cl)c(C)cc1NC(=O)C(=Cc1ccco1)n1nnnc1-c1ccccc1. The molecule has 1 amide bonds. The Morgan fingerprint density at radius 2 is 2.00 bits per heavy atom. The minimum atomic E-state index is -0.457. The van der Waals surface area contributed by atoms with Gasteiger partial charge in [-0.3, -0.25) is 4.79 Å². The van der Waals surface area contributed by atoms with Crippen LogP contribution in [-0.2, 0) is 4.79 Å². The third kappa shape index (κ3) is 4.34. The van der Waals surface area contributed by atoms with E-state index in [1.807, 2.05) is 37.3 Å². The van der Waals surface area contributed by atoms with Gasteiger partial charge in [0.1, 0.15) is 17.2 Å². The van der Waals surface area contributed by atoms with Gasteiger partial charge in [-0.2, -0.15) is 4.68 Å². The summed E-state index contributed by atoms with van der Waals surface area (Å²) in [4.78, 5) is 13.4. The molecule has 0 saturated heterocycles. The molecule has 31 heavy (non-hydrogen) atoms. The summed E-state index contributed by atoms with van der Waals surface area (Å²) < 4.78 is 12.1. The van der Waals surface area contributed by atoms with E-state index in [0.717, 1.165) is 11.1 Å². The second-order valence-corrected chi connectivity index (χ2v) is 6.99. The van der Waals surface area contributed by atoms with E-state index in [0.29, 0.717) is 28.0 Å². The Kier molecular flexibility index (Phi) is 5.81. The molecule has 0 spiro atoms. The molecule has 2 heterocycles. The second-order valence-electron chi connectivity index (χ2n) is 6.58. The highest BCUT2D eigenvalue weighted by Crippen LogP contribution is 2.32. The van der Waals surface area contributed by atoms with Crippen LogP contribution >= 0.6 is 11.6 Å². The number of rotatable bonds is 6. The van der Waals surface area contributed by atoms with Crippen LogP contribution in [0.1, 0.15) is 11.3 Å². The Labute approximate surface area is 183 Å².